The molecule has 4 N–H and O–H groups in total. The van der Waals surface area contributed by atoms with Gasteiger partial charge in [0.05, 0.1) is 36.1 Å². The number of nitrogens with zero attached hydrogens (tertiary/aromatic N) is 2. The van der Waals surface area contributed by atoms with Gasteiger partial charge in [0.1, 0.15) is 31.1 Å². The summed E-state index contributed by atoms with van der Waals surface area (Å²) in [7, 11) is 0. The number of carbonyl (C=O) groups is 1. The maximum Gasteiger partial charge on any atom is 0.255 e. The van der Waals surface area contributed by atoms with E-state index in [9.17, 15) is 9.18 Å². The van der Waals surface area contributed by atoms with Gasteiger partial charge in [-0.25, -0.2) is 9.37 Å². The number of amides is 1. The van der Waals surface area contributed by atoms with E-state index in [0.717, 1.165) is 43.9 Å². The third-order valence-corrected chi connectivity index (χ3v) is 5.43. The second-order valence-electron chi connectivity index (χ2n) is 7.60. The highest BCUT2D eigenvalue weighted by molar-refractivity contribution is 6.05. The SMILES string of the molecule is O=C(Nc1cn[nH]c1-c1nc2ccc(C[NH+]3CCOCC3)cc2[nH]1)c1ccc(F)cc1. The summed E-state index contributed by atoms with van der Waals surface area (Å²) in [6.07, 6.45) is 1.52. The van der Waals surface area contributed by atoms with Crippen molar-refractivity contribution in [2.45, 2.75) is 6.54 Å². The first-order valence-electron chi connectivity index (χ1n) is 10.2. The summed E-state index contributed by atoms with van der Waals surface area (Å²) < 4.78 is 18.5. The number of rotatable bonds is 5. The van der Waals surface area contributed by atoms with E-state index in [2.05, 4.69) is 37.6 Å². The van der Waals surface area contributed by atoms with Crippen molar-refractivity contribution < 1.29 is 18.8 Å². The van der Waals surface area contributed by atoms with Gasteiger partial charge in [0.25, 0.3) is 5.91 Å². The molecule has 0 spiro atoms. The molecule has 1 fully saturated rings. The van der Waals surface area contributed by atoms with E-state index in [0.29, 0.717) is 22.8 Å². The van der Waals surface area contributed by atoms with Gasteiger partial charge in [-0.15, -0.1) is 0 Å². The maximum absolute atomic E-state index is 13.1. The third-order valence-electron chi connectivity index (χ3n) is 5.43. The van der Waals surface area contributed by atoms with Crippen molar-refractivity contribution in [1.29, 1.82) is 0 Å². The molecule has 0 unspecified atom stereocenters. The molecule has 2 aromatic heterocycles. The van der Waals surface area contributed by atoms with Crippen molar-refractivity contribution in [3.8, 4) is 11.5 Å². The lowest BCUT2D eigenvalue weighted by atomic mass is 10.2. The topological polar surface area (TPSA) is 100 Å². The molecular formula is C22H22FN6O2+. The molecule has 1 amide bonds. The molecule has 1 saturated heterocycles. The second-order valence-corrected chi connectivity index (χ2v) is 7.60. The van der Waals surface area contributed by atoms with Gasteiger partial charge in [0, 0.05) is 11.1 Å². The van der Waals surface area contributed by atoms with Crippen molar-refractivity contribution in [3.63, 3.8) is 0 Å². The highest BCUT2D eigenvalue weighted by Gasteiger charge is 2.17. The van der Waals surface area contributed by atoms with Gasteiger partial charge in [0.15, 0.2) is 5.82 Å². The van der Waals surface area contributed by atoms with Crippen LogP contribution in [-0.4, -0.2) is 52.4 Å². The molecule has 3 heterocycles. The molecule has 5 rings (SSSR count). The fourth-order valence-electron chi connectivity index (χ4n) is 3.77. The molecule has 8 nitrogen and oxygen atoms in total. The zero-order chi connectivity index (χ0) is 21.2. The quantitative estimate of drug-likeness (QED) is 0.395. The highest BCUT2D eigenvalue weighted by Crippen LogP contribution is 2.26. The van der Waals surface area contributed by atoms with E-state index < -0.39 is 5.82 Å². The summed E-state index contributed by atoms with van der Waals surface area (Å²) in [6.45, 7) is 4.57. The lowest BCUT2D eigenvalue weighted by Gasteiger charge is -2.23. The number of carbonyl (C=O) groups excluding carboxylic acids is 1. The summed E-state index contributed by atoms with van der Waals surface area (Å²) in [4.78, 5) is 22.0. The van der Waals surface area contributed by atoms with Gasteiger partial charge in [0.2, 0.25) is 0 Å². The van der Waals surface area contributed by atoms with Crippen LogP contribution in [0.2, 0.25) is 0 Å². The normalized spacial score (nSPS) is 14.7. The minimum atomic E-state index is -0.391. The van der Waals surface area contributed by atoms with E-state index >= 15 is 0 Å². The van der Waals surface area contributed by atoms with E-state index in [4.69, 9.17) is 4.74 Å². The second kappa shape index (κ2) is 8.29. The first-order chi connectivity index (χ1) is 15.2. The molecule has 0 radical (unpaired) electrons. The van der Waals surface area contributed by atoms with Crippen LogP contribution >= 0.6 is 0 Å². The highest BCUT2D eigenvalue weighted by atomic mass is 19.1. The van der Waals surface area contributed by atoms with Crippen LogP contribution in [0.1, 0.15) is 15.9 Å². The van der Waals surface area contributed by atoms with Crippen molar-refractivity contribution in [2.24, 2.45) is 0 Å². The zero-order valence-electron chi connectivity index (χ0n) is 16.7. The number of aromatic amines is 2. The van der Waals surface area contributed by atoms with Crippen LogP contribution in [0.25, 0.3) is 22.6 Å². The van der Waals surface area contributed by atoms with Crippen molar-refractivity contribution in [2.75, 3.05) is 31.6 Å². The van der Waals surface area contributed by atoms with Crippen LogP contribution in [0.4, 0.5) is 10.1 Å². The van der Waals surface area contributed by atoms with Crippen LogP contribution in [0.5, 0.6) is 0 Å². The van der Waals surface area contributed by atoms with Gasteiger partial charge in [-0.3, -0.25) is 9.89 Å². The number of morpholine rings is 1. The zero-order valence-corrected chi connectivity index (χ0v) is 16.7. The standard InChI is InChI=1S/C22H21FN6O2/c23-16-4-2-15(3-5-16)22(30)27-19-12-24-28-20(19)21-25-17-6-1-14(11-18(17)26-21)13-29-7-9-31-10-8-29/h1-6,11-12H,7-10,13H2,(H,24,28)(H,25,26)(H,27,30)/p+1. The molecule has 1 aliphatic rings. The number of H-pyrrole nitrogens is 2. The summed E-state index contributed by atoms with van der Waals surface area (Å²) in [5, 5.41) is 9.75. The first-order valence-corrected chi connectivity index (χ1v) is 10.2. The molecule has 31 heavy (non-hydrogen) atoms. The van der Waals surface area contributed by atoms with Crippen LogP contribution in [0.3, 0.4) is 0 Å². The Kier molecular flexibility index (Phi) is 5.19. The number of fused-ring (bicyclic) bond motifs is 1. The number of anilines is 1. The smallest absolute Gasteiger partial charge is 0.255 e. The molecule has 0 saturated carbocycles. The van der Waals surface area contributed by atoms with Crippen LogP contribution in [0, 0.1) is 5.82 Å². The van der Waals surface area contributed by atoms with Gasteiger partial charge < -0.3 is 19.9 Å². The van der Waals surface area contributed by atoms with Crippen molar-refractivity contribution >= 4 is 22.6 Å². The van der Waals surface area contributed by atoms with Crippen LogP contribution < -0.4 is 10.2 Å². The summed E-state index contributed by atoms with van der Waals surface area (Å²) in [5.74, 6) is -0.162. The van der Waals surface area contributed by atoms with Crippen LogP contribution in [0.15, 0.2) is 48.7 Å². The fraction of sp³-hybridized carbons (Fsp3) is 0.227. The van der Waals surface area contributed by atoms with Gasteiger partial charge in [-0.2, -0.15) is 5.10 Å². The van der Waals surface area contributed by atoms with E-state index in [1.807, 2.05) is 6.07 Å². The Balaban J connectivity index is 1.36. The van der Waals surface area contributed by atoms with Gasteiger partial charge in [-0.1, -0.05) is 6.07 Å². The summed E-state index contributed by atoms with van der Waals surface area (Å²) in [5.41, 5.74) is 4.41. The number of ether oxygens (including phenoxy) is 1. The Hall–Kier alpha value is -3.56. The Morgan fingerprint density at radius 3 is 2.77 bits per heavy atom. The number of quaternary nitrogens is 1. The largest absolute Gasteiger partial charge is 0.370 e. The maximum atomic E-state index is 13.1. The summed E-state index contributed by atoms with van der Waals surface area (Å²) in [6, 6.07) is 11.6. The number of hydrogen-bond donors (Lipinski definition) is 4. The predicted octanol–water partition coefficient (Wildman–Crippen LogP) is 1.76. The molecule has 4 aromatic rings. The lowest BCUT2D eigenvalue weighted by molar-refractivity contribution is -0.921. The number of benzene rings is 2. The minimum absolute atomic E-state index is 0.352. The number of nitrogens with one attached hydrogen (secondary N) is 4. The molecule has 1 aliphatic heterocycles. The average Bonchev–Trinajstić information content (AvgIpc) is 3.41. The van der Waals surface area contributed by atoms with Crippen LogP contribution in [-0.2, 0) is 11.3 Å². The van der Waals surface area contributed by atoms with E-state index in [1.54, 1.807) is 0 Å². The molecule has 9 heteroatoms. The van der Waals surface area contributed by atoms with Gasteiger partial charge in [-0.05, 0) is 36.4 Å². The number of imidazole rings is 1. The van der Waals surface area contributed by atoms with Crippen molar-refractivity contribution in [3.05, 3.63) is 65.6 Å². The molecule has 0 atom stereocenters. The molecule has 158 valence electrons. The Labute approximate surface area is 177 Å². The molecule has 0 aliphatic carbocycles. The molecular weight excluding hydrogens is 399 g/mol. The number of halogens is 1. The van der Waals surface area contributed by atoms with E-state index in [1.165, 1.54) is 40.9 Å². The summed E-state index contributed by atoms with van der Waals surface area (Å²) >= 11 is 0. The van der Waals surface area contributed by atoms with Crippen molar-refractivity contribution in [1.82, 2.24) is 20.2 Å². The van der Waals surface area contributed by atoms with E-state index in [-0.39, 0.29) is 5.91 Å². The lowest BCUT2D eigenvalue weighted by Crippen LogP contribution is -3.12. The average molecular weight is 421 g/mol. The molecule has 0 bridgehead atoms. The predicted molar refractivity (Wildman–Crippen MR) is 113 cm³/mol. The Bertz CT molecular complexity index is 1210. The monoisotopic (exact) mass is 421 g/mol. The first kappa shape index (κ1) is 19.4. The Morgan fingerprint density at radius 2 is 1.97 bits per heavy atom. The number of hydrogen-bond acceptors (Lipinski definition) is 4. The fourth-order valence-corrected chi connectivity index (χ4v) is 3.77. The molecule has 2 aromatic carbocycles. The Morgan fingerprint density at radius 1 is 1.16 bits per heavy atom. The number of aromatic nitrogens is 4. The van der Waals surface area contributed by atoms with Gasteiger partial charge >= 0.3 is 0 Å². The third kappa shape index (κ3) is 4.18. The minimum Gasteiger partial charge on any atom is -0.370 e.